The van der Waals surface area contributed by atoms with Crippen molar-refractivity contribution < 1.29 is 38.1 Å². The molecule has 0 atom stereocenters. The summed E-state index contributed by atoms with van der Waals surface area (Å²) in [4.78, 5) is 52.8. The van der Waals surface area contributed by atoms with Crippen molar-refractivity contribution >= 4 is 24.4 Å². The van der Waals surface area contributed by atoms with Gasteiger partial charge in [0.2, 0.25) is 0 Å². The van der Waals surface area contributed by atoms with E-state index in [1.807, 2.05) is 83.1 Å². The molecule has 1 rings (SSSR count). The number of alkyl carbamates (subject to hydrolysis) is 4. The van der Waals surface area contributed by atoms with Crippen LogP contribution >= 0.6 is 0 Å². The predicted octanol–water partition coefficient (Wildman–Crippen LogP) is 4.43. The van der Waals surface area contributed by atoms with E-state index in [1.54, 1.807) is 0 Å². The number of hydrogen-bond acceptors (Lipinski definition) is 12. The highest BCUT2D eigenvalue weighted by Gasteiger charge is 2.20. The number of allylic oxidation sites excluding steroid dienone is 4. The van der Waals surface area contributed by atoms with Crippen LogP contribution in [0.3, 0.4) is 0 Å². The average Bonchev–Trinajstić information content (AvgIpc) is 2.97. The molecular formula is C38H72N8O8. The van der Waals surface area contributed by atoms with Crippen LogP contribution in [0.25, 0.3) is 0 Å². The SMILES string of the molecule is CC(C)(C)OC(=O)NCCN(CCNC(=O)OC(C)(C)C)CCNC1=CC=C(NCCN(CCNC(=O)OC(C)(C)C)CCNC(=O)OC(C)(C)C)CC1. The highest BCUT2D eigenvalue weighted by Crippen LogP contribution is 2.14. The number of amides is 4. The average molecular weight is 769 g/mol. The highest BCUT2D eigenvalue weighted by atomic mass is 16.6. The molecule has 16 nitrogen and oxygen atoms in total. The molecule has 1 aliphatic carbocycles. The van der Waals surface area contributed by atoms with Crippen molar-refractivity contribution in [1.29, 1.82) is 0 Å². The fourth-order valence-corrected chi connectivity index (χ4v) is 4.87. The Morgan fingerprint density at radius 3 is 0.870 bits per heavy atom. The Morgan fingerprint density at radius 1 is 0.444 bits per heavy atom. The number of carbonyl (C=O) groups is 4. The van der Waals surface area contributed by atoms with Gasteiger partial charge in [-0.2, -0.15) is 0 Å². The number of hydrogen-bond donors (Lipinski definition) is 6. The fourth-order valence-electron chi connectivity index (χ4n) is 4.87. The Labute approximate surface area is 324 Å². The monoisotopic (exact) mass is 769 g/mol. The maximum Gasteiger partial charge on any atom is 0.407 e. The van der Waals surface area contributed by atoms with Gasteiger partial charge in [-0.05, 0) is 108 Å². The van der Waals surface area contributed by atoms with Gasteiger partial charge in [0.1, 0.15) is 22.4 Å². The number of nitrogens with one attached hydrogen (secondary N) is 6. The molecule has 0 aromatic rings. The lowest BCUT2D eigenvalue weighted by molar-refractivity contribution is 0.0501. The lowest BCUT2D eigenvalue weighted by Gasteiger charge is -2.26. The van der Waals surface area contributed by atoms with E-state index in [2.05, 4.69) is 53.9 Å². The van der Waals surface area contributed by atoms with Crippen molar-refractivity contribution in [2.45, 2.75) is 118 Å². The molecule has 6 N–H and O–H groups in total. The zero-order valence-corrected chi connectivity index (χ0v) is 35.2. The summed E-state index contributed by atoms with van der Waals surface area (Å²) in [5, 5.41) is 18.3. The summed E-state index contributed by atoms with van der Waals surface area (Å²) in [7, 11) is 0. The second kappa shape index (κ2) is 23.1. The highest BCUT2D eigenvalue weighted by molar-refractivity contribution is 5.68. The topological polar surface area (TPSA) is 184 Å². The molecule has 312 valence electrons. The first-order valence-corrected chi connectivity index (χ1v) is 19.1. The van der Waals surface area contributed by atoms with E-state index in [-0.39, 0.29) is 0 Å². The van der Waals surface area contributed by atoms with Crippen molar-refractivity contribution in [2.24, 2.45) is 0 Å². The van der Waals surface area contributed by atoms with Crippen LogP contribution in [0.4, 0.5) is 19.2 Å². The minimum atomic E-state index is -0.576. The molecular weight excluding hydrogens is 696 g/mol. The molecule has 0 spiro atoms. The van der Waals surface area contributed by atoms with E-state index in [1.165, 1.54) is 0 Å². The Bertz CT molecular complexity index is 1070. The van der Waals surface area contributed by atoms with Gasteiger partial charge >= 0.3 is 24.4 Å². The quantitative estimate of drug-likeness (QED) is 0.0961. The first kappa shape index (κ1) is 48.1. The van der Waals surface area contributed by atoms with Crippen molar-refractivity contribution in [3.8, 4) is 0 Å². The second-order valence-electron chi connectivity index (χ2n) is 17.1. The zero-order chi connectivity index (χ0) is 41.0. The van der Waals surface area contributed by atoms with E-state index in [9.17, 15) is 19.2 Å². The van der Waals surface area contributed by atoms with Crippen LogP contribution in [0.2, 0.25) is 0 Å². The largest absolute Gasteiger partial charge is 0.444 e. The molecule has 0 fully saturated rings. The molecule has 0 aliphatic heterocycles. The van der Waals surface area contributed by atoms with Crippen LogP contribution in [-0.4, -0.2) is 135 Å². The van der Waals surface area contributed by atoms with Gasteiger partial charge in [-0.25, -0.2) is 19.2 Å². The van der Waals surface area contributed by atoms with Gasteiger partial charge in [-0.3, -0.25) is 9.80 Å². The lowest BCUT2D eigenvalue weighted by Crippen LogP contribution is -2.43. The van der Waals surface area contributed by atoms with Crippen LogP contribution in [0.1, 0.15) is 95.9 Å². The first-order chi connectivity index (χ1) is 24.9. The summed E-state index contributed by atoms with van der Waals surface area (Å²) in [5.41, 5.74) is -0.0502. The molecule has 0 unspecified atom stereocenters. The first-order valence-electron chi connectivity index (χ1n) is 19.1. The zero-order valence-electron chi connectivity index (χ0n) is 35.2. The summed E-state index contributed by atoms with van der Waals surface area (Å²) in [6.07, 6.45) is 4.01. The summed E-state index contributed by atoms with van der Waals surface area (Å²) >= 11 is 0. The van der Waals surface area contributed by atoms with E-state index >= 15 is 0 Å². The number of nitrogens with zero attached hydrogens (tertiary/aromatic N) is 2. The molecule has 0 heterocycles. The van der Waals surface area contributed by atoms with Gasteiger partial charge in [0.25, 0.3) is 0 Å². The Balaban J connectivity index is 2.65. The van der Waals surface area contributed by atoms with Gasteiger partial charge in [-0.1, -0.05) is 0 Å². The van der Waals surface area contributed by atoms with Crippen LogP contribution in [0.5, 0.6) is 0 Å². The molecule has 0 saturated heterocycles. The van der Waals surface area contributed by atoms with Crippen LogP contribution in [0.15, 0.2) is 23.5 Å². The molecule has 0 aromatic heterocycles. The fraction of sp³-hybridized carbons (Fsp3) is 0.789. The molecule has 1 aliphatic rings. The maximum absolute atomic E-state index is 12.1. The van der Waals surface area contributed by atoms with E-state index < -0.39 is 46.8 Å². The summed E-state index contributed by atoms with van der Waals surface area (Å²) in [6, 6.07) is 0. The van der Waals surface area contributed by atoms with Gasteiger partial charge < -0.3 is 50.8 Å². The molecule has 4 amide bonds. The summed E-state index contributed by atoms with van der Waals surface area (Å²) in [5.74, 6) is 0. The summed E-state index contributed by atoms with van der Waals surface area (Å²) < 4.78 is 21.4. The predicted molar refractivity (Wildman–Crippen MR) is 211 cm³/mol. The van der Waals surface area contributed by atoms with Crippen molar-refractivity contribution in [3.05, 3.63) is 23.5 Å². The third-order valence-electron chi connectivity index (χ3n) is 7.09. The molecule has 0 radical (unpaired) electrons. The minimum Gasteiger partial charge on any atom is -0.444 e. The van der Waals surface area contributed by atoms with E-state index in [0.29, 0.717) is 78.5 Å². The standard InChI is InChI=1S/C38H72N8O8/c1-35(2,3)51-31(47)41-19-25-45(26-20-42-32(48)52-36(4,5)6)23-17-39-29-13-15-30(16-14-29)40-18-24-46(27-21-43-33(49)53-37(7,8)9)28-22-44-34(50)54-38(10,11)12/h13,15,39-40H,14,16-28H2,1-12H3,(H,41,47)(H,42,48)(H,43,49)(H,44,50). The maximum atomic E-state index is 12.1. The van der Waals surface area contributed by atoms with Crippen LogP contribution < -0.4 is 31.9 Å². The molecule has 0 saturated carbocycles. The molecule has 54 heavy (non-hydrogen) atoms. The molecule has 16 heteroatoms. The van der Waals surface area contributed by atoms with Gasteiger partial charge in [0.15, 0.2) is 0 Å². The smallest absolute Gasteiger partial charge is 0.407 e. The number of ether oxygens (including phenoxy) is 4. The number of carbonyl (C=O) groups excluding carboxylic acids is 4. The minimum absolute atomic E-state index is 0.403. The third kappa shape index (κ3) is 27.7. The van der Waals surface area contributed by atoms with Crippen molar-refractivity contribution in [3.63, 3.8) is 0 Å². The normalized spacial score (nSPS) is 13.7. The van der Waals surface area contributed by atoms with E-state index in [4.69, 9.17) is 18.9 Å². The Morgan fingerprint density at radius 2 is 0.667 bits per heavy atom. The number of rotatable bonds is 20. The summed E-state index contributed by atoms with van der Waals surface area (Å²) in [6.45, 7) is 28.5. The van der Waals surface area contributed by atoms with Crippen LogP contribution in [0, 0.1) is 0 Å². The Kier molecular flexibility index (Phi) is 20.6. The molecule has 0 bridgehead atoms. The van der Waals surface area contributed by atoms with Gasteiger partial charge in [-0.15, -0.1) is 0 Å². The molecule has 0 aromatic carbocycles. The van der Waals surface area contributed by atoms with E-state index in [0.717, 1.165) is 24.2 Å². The third-order valence-corrected chi connectivity index (χ3v) is 7.09. The lowest BCUT2D eigenvalue weighted by atomic mass is 10.1. The van der Waals surface area contributed by atoms with Gasteiger partial charge in [0, 0.05) is 89.9 Å². The van der Waals surface area contributed by atoms with Crippen molar-refractivity contribution in [2.75, 3.05) is 78.5 Å². The van der Waals surface area contributed by atoms with Crippen molar-refractivity contribution in [1.82, 2.24) is 41.7 Å². The van der Waals surface area contributed by atoms with Crippen LogP contribution in [-0.2, 0) is 18.9 Å². The second-order valence-corrected chi connectivity index (χ2v) is 17.1. The Hall–Kier alpha value is -3.92. The van der Waals surface area contributed by atoms with Gasteiger partial charge in [0.05, 0.1) is 0 Å².